The fraction of sp³-hybridized carbons (Fsp3) is 0.250. The maximum absolute atomic E-state index is 12.9. The third kappa shape index (κ3) is 3.47. The molecule has 2 aromatic carbocycles. The number of amides is 2. The van der Waals surface area contributed by atoms with Gasteiger partial charge in [0.05, 0.1) is 29.2 Å². The van der Waals surface area contributed by atoms with E-state index >= 15 is 0 Å². The topological polar surface area (TPSA) is 69.3 Å². The summed E-state index contributed by atoms with van der Waals surface area (Å²) in [5.74, 6) is 0.314. The highest BCUT2D eigenvalue weighted by Crippen LogP contribution is 2.31. The monoisotopic (exact) mass is 426 g/mol. The predicted molar refractivity (Wildman–Crippen MR) is 107 cm³/mol. The summed E-state index contributed by atoms with van der Waals surface area (Å²) < 4.78 is 0.849. The minimum atomic E-state index is -0.348. The van der Waals surface area contributed by atoms with E-state index in [9.17, 15) is 9.59 Å². The number of rotatable bonds is 4. The Labute approximate surface area is 165 Å². The molecule has 0 saturated carbocycles. The van der Waals surface area contributed by atoms with Gasteiger partial charge in [0.15, 0.2) is 0 Å². The number of para-hydroxylation sites is 3. The van der Waals surface area contributed by atoms with Gasteiger partial charge in [-0.05, 0) is 40.2 Å². The lowest BCUT2D eigenvalue weighted by Gasteiger charge is -2.21. The normalized spacial score (nSPS) is 16.9. The highest BCUT2D eigenvalue weighted by molar-refractivity contribution is 9.10. The van der Waals surface area contributed by atoms with Gasteiger partial charge in [-0.3, -0.25) is 9.59 Å². The van der Waals surface area contributed by atoms with E-state index in [1.807, 2.05) is 48.5 Å². The van der Waals surface area contributed by atoms with Crippen molar-refractivity contribution in [3.05, 3.63) is 58.8 Å². The van der Waals surface area contributed by atoms with Gasteiger partial charge in [-0.2, -0.15) is 0 Å². The maximum Gasteiger partial charge on any atom is 0.228 e. The van der Waals surface area contributed by atoms with Crippen molar-refractivity contribution in [3.63, 3.8) is 0 Å². The summed E-state index contributed by atoms with van der Waals surface area (Å²) in [7, 11) is 1.75. The van der Waals surface area contributed by atoms with Gasteiger partial charge in [0.25, 0.3) is 0 Å². The second kappa shape index (κ2) is 7.15. The number of nitrogens with one attached hydrogen (secondary N) is 1. The summed E-state index contributed by atoms with van der Waals surface area (Å²) in [6, 6.07) is 15.3. The maximum atomic E-state index is 12.9. The van der Waals surface area contributed by atoms with E-state index in [-0.39, 0.29) is 24.2 Å². The van der Waals surface area contributed by atoms with Crippen LogP contribution in [0.3, 0.4) is 0 Å². The molecule has 2 heterocycles. The smallest absolute Gasteiger partial charge is 0.228 e. The minimum Gasteiger partial charge on any atom is -0.340 e. The zero-order valence-corrected chi connectivity index (χ0v) is 16.4. The Bertz CT molecular complexity index is 983. The van der Waals surface area contributed by atoms with Crippen molar-refractivity contribution in [1.29, 1.82) is 0 Å². The summed E-state index contributed by atoms with van der Waals surface area (Å²) >= 11 is 3.48. The van der Waals surface area contributed by atoms with E-state index in [1.54, 1.807) is 16.8 Å². The van der Waals surface area contributed by atoms with Crippen LogP contribution < -0.4 is 4.90 Å². The van der Waals surface area contributed by atoms with E-state index in [4.69, 9.17) is 0 Å². The van der Waals surface area contributed by atoms with Crippen LogP contribution in [0.15, 0.2) is 53.0 Å². The van der Waals surface area contributed by atoms with Crippen molar-refractivity contribution < 1.29 is 9.59 Å². The van der Waals surface area contributed by atoms with Gasteiger partial charge in [-0.15, -0.1) is 0 Å². The number of anilines is 1. The minimum absolute atomic E-state index is 0.0302. The lowest BCUT2D eigenvalue weighted by molar-refractivity contribution is -0.135. The van der Waals surface area contributed by atoms with Crippen LogP contribution in [-0.2, 0) is 16.1 Å². The molecular formula is C20H19BrN4O2. The van der Waals surface area contributed by atoms with Crippen molar-refractivity contribution >= 4 is 44.5 Å². The van der Waals surface area contributed by atoms with Crippen LogP contribution in [0.1, 0.15) is 12.2 Å². The number of carbonyl (C=O) groups is 2. The molecule has 0 radical (unpaired) electrons. The summed E-state index contributed by atoms with van der Waals surface area (Å²) in [6.07, 6.45) is 0.227. The van der Waals surface area contributed by atoms with E-state index in [0.717, 1.165) is 27.0 Å². The molecule has 138 valence electrons. The average Bonchev–Trinajstić information content (AvgIpc) is 3.24. The molecule has 0 aliphatic carbocycles. The molecule has 4 rings (SSSR count). The molecule has 27 heavy (non-hydrogen) atoms. The fourth-order valence-corrected chi connectivity index (χ4v) is 3.97. The number of carbonyl (C=O) groups excluding carboxylic acids is 2. The average molecular weight is 427 g/mol. The first-order valence-electron chi connectivity index (χ1n) is 8.76. The van der Waals surface area contributed by atoms with Crippen molar-refractivity contribution in [1.82, 2.24) is 14.9 Å². The SMILES string of the molecule is CN(Cc1nc2ccccc2[nH]1)C(=O)C1CC(=O)N(c2ccccc2Br)C1. The molecule has 1 atom stereocenters. The number of halogens is 1. The zero-order chi connectivity index (χ0) is 19.0. The number of imidazole rings is 1. The number of hydrogen-bond donors (Lipinski definition) is 1. The summed E-state index contributed by atoms with van der Waals surface area (Å²) in [5, 5.41) is 0. The van der Waals surface area contributed by atoms with E-state index < -0.39 is 0 Å². The van der Waals surface area contributed by atoms with Gasteiger partial charge in [0.1, 0.15) is 5.82 Å². The van der Waals surface area contributed by atoms with Gasteiger partial charge < -0.3 is 14.8 Å². The van der Waals surface area contributed by atoms with Gasteiger partial charge in [-0.1, -0.05) is 24.3 Å². The fourth-order valence-electron chi connectivity index (χ4n) is 3.47. The first-order chi connectivity index (χ1) is 13.0. The second-order valence-corrected chi connectivity index (χ2v) is 7.61. The largest absolute Gasteiger partial charge is 0.340 e. The Morgan fingerprint density at radius 1 is 1.26 bits per heavy atom. The summed E-state index contributed by atoms with van der Waals surface area (Å²) in [5.41, 5.74) is 2.63. The van der Waals surface area contributed by atoms with Crippen molar-refractivity contribution in [2.24, 2.45) is 5.92 Å². The number of aromatic amines is 1. The Kier molecular flexibility index (Phi) is 4.70. The molecule has 3 aromatic rings. The van der Waals surface area contributed by atoms with Crippen LogP contribution in [0.25, 0.3) is 11.0 Å². The molecule has 1 aliphatic heterocycles. The molecule has 1 aliphatic rings. The molecule has 1 aromatic heterocycles. The molecular weight excluding hydrogens is 408 g/mol. The third-order valence-corrected chi connectivity index (χ3v) is 5.49. The van der Waals surface area contributed by atoms with Crippen LogP contribution in [0, 0.1) is 5.92 Å². The molecule has 1 fully saturated rings. The lowest BCUT2D eigenvalue weighted by atomic mass is 10.1. The number of benzene rings is 2. The molecule has 0 bridgehead atoms. The molecule has 1 saturated heterocycles. The van der Waals surface area contributed by atoms with Crippen molar-refractivity contribution in [2.45, 2.75) is 13.0 Å². The molecule has 2 amide bonds. The number of fused-ring (bicyclic) bond motifs is 1. The van der Waals surface area contributed by atoms with Crippen LogP contribution in [0.2, 0.25) is 0 Å². The second-order valence-electron chi connectivity index (χ2n) is 6.75. The van der Waals surface area contributed by atoms with Gasteiger partial charge in [-0.25, -0.2) is 4.98 Å². The van der Waals surface area contributed by atoms with Crippen molar-refractivity contribution in [2.75, 3.05) is 18.5 Å². The number of nitrogens with zero attached hydrogens (tertiary/aromatic N) is 3. The Hall–Kier alpha value is -2.67. The molecule has 6 nitrogen and oxygen atoms in total. The van der Waals surface area contributed by atoms with Crippen LogP contribution in [0.4, 0.5) is 5.69 Å². The molecule has 1 N–H and O–H groups in total. The van der Waals surface area contributed by atoms with Gasteiger partial charge in [0, 0.05) is 24.5 Å². The molecule has 1 unspecified atom stereocenters. The number of H-pyrrole nitrogens is 1. The first-order valence-corrected chi connectivity index (χ1v) is 9.55. The molecule has 7 heteroatoms. The quantitative estimate of drug-likeness (QED) is 0.695. The Balaban J connectivity index is 1.46. The van der Waals surface area contributed by atoms with Crippen LogP contribution in [0.5, 0.6) is 0 Å². The predicted octanol–water partition coefficient (Wildman–Crippen LogP) is 3.34. The zero-order valence-electron chi connectivity index (χ0n) is 14.9. The summed E-state index contributed by atoms with van der Waals surface area (Å²) in [4.78, 5) is 36.4. The van der Waals surface area contributed by atoms with E-state index in [1.165, 1.54) is 0 Å². The van der Waals surface area contributed by atoms with Gasteiger partial charge >= 0.3 is 0 Å². The van der Waals surface area contributed by atoms with E-state index in [0.29, 0.717) is 13.1 Å². The van der Waals surface area contributed by atoms with E-state index in [2.05, 4.69) is 25.9 Å². The standard InChI is InChI=1S/C20H19BrN4O2/c1-24(12-18-22-15-7-3-4-8-16(15)23-18)20(27)13-10-19(26)25(11-13)17-9-5-2-6-14(17)21/h2-9,13H,10-12H2,1H3,(H,22,23). The van der Waals surface area contributed by atoms with Crippen LogP contribution >= 0.6 is 15.9 Å². The third-order valence-electron chi connectivity index (χ3n) is 4.82. The first kappa shape index (κ1) is 17.7. The number of aromatic nitrogens is 2. The highest BCUT2D eigenvalue weighted by atomic mass is 79.9. The van der Waals surface area contributed by atoms with Gasteiger partial charge in [0.2, 0.25) is 11.8 Å². The van der Waals surface area contributed by atoms with Crippen molar-refractivity contribution in [3.8, 4) is 0 Å². The Morgan fingerprint density at radius 2 is 2.00 bits per heavy atom. The Morgan fingerprint density at radius 3 is 2.78 bits per heavy atom. The highest BCUT2D eigenvalue weighted by Gasteiger charge is 2.37. The summed E-state index contributed by atoms with van der Waals surface area (Å²) in [6.45, 7) is 0.776. The number of hydrogen-bond acceptors (Lipinski definition) is 3. The van der Waals surface area contributed by atoms with Crippen LogP contribution in [-0.4, -0.2) is 40.3 Å². The lowest BCUT2D eigenvalue weighted by Crippen LogP contribution is -2.34. The molecule has 0 spiro atoms.